The Morgan fingerprint density at radius 3 is 2.21 bits per heavy atom. The first-order chi connectivity index (χ1) is 8.84. The maximum Gasteiger partial charge on any atom is 0.435 e. The lowest BCUT2D eigenvalue weighted by atomic mass is 10.3. The summed E-state index contributed by atoms with van der Waals surface area (Å²) in [6, 6.07) is 0.764. The molecule has 1 aromatic heterocycles. The number of aliphatic carboxylic acids is 1. The van der Waals surface area contributed by atoms with Crippen molar-refractivity contribution in [1.29, 1.82) is 0 Å². The van der Waals surface area contributed by atoms with E-state index in [0.717, 1.165) is 10.5 Å². The van der Waals surface area contributed by atoms with Crippen LogP contribution in [0.15, 0.2) is 6.07 Å². The van der Waals surface area contributed by atoms with Crippen molar-refractivity contribution in [2.75, 3.05) is 0 Å². The topological polar surface area (TPSA) is 55.1 Å². The largest absolute Gasteiger partial charge is 0.481 e. The quantitative estimate of drug-likeness (QED) is 0.593. The molecule has 1 heterocycles. The maximum absolute atomic E-state index is 12.2. The number of alkyl halides is 3. The zero-order valence-corrected chi connectivity index (χ0v) is 14.2. The number of hydrogen-bond donors (Lipinski definition) is 1. The maximum atomic E-state index is 12.2. The molecule has 4 nitrogen and oxygen atoms in total. The van der Waals surface area contributed by atoms with E-state index in [1.54, 1.807) is 0 Å². The monoisotopic (exact) mass is 412 g/mol. The van der Waals surface area contributed by atoms with E-state index in [2.05, 4.69) is 5.10 Å². The lowest BCUT2D eigenvalue weighted by molar-refractivity contribution is -0.141. The molecule has 9 heteroatoms. The highest BCUT2D eigenvalue weighted by Crippen LogP contribution is 2.32. The number of carboxylic acid groups (broad SMARTS) is 1. The normalized spacial score (nSPS) is 10.5. The number of carboxylic acids is 1. The number of nitrogens with zero attached hydrogens (tertiary/aromatic N) is 2. The third-order valence-electron chi connectivity index (χ3n) is 1.49. The van der Waals surface area contributed by atoms with Gasteiger partial charge in [-0.15, -0.1) is 0 Å². The van der Waals surface area contributed by atoms with Crippen LogP contribution in [0.5, 0.6) is 0 Å². The molecule has 0 spiro atoms. The van der Waals surface area contributed by atoms with Gasteiger partial charge in [0.15, 0.2) is 5.69 Å². The molecule has 0 aliphatic heterocycles. The molecule has 0 saturated heterocycles. The third-order valence-corrected chi connectivity index (χ3v) is 3.40. The van der Waals surface area contributed by atoms with Gasteiger partial charge in [-0.05, 0) is 28.1 Å². The Hall–Kier alpha value is -0.370. The molecule has 0 bridgehead atoms. The van der Waals surface area contributed by atoms with Crippen molar-refractivity contribution in [3.8, 4) is 0 Å². The first-order valence-corrected chi connectivity index (χ1v) is 9.65. The van der Waals surface area contributed by atoms with Crippen LogP contribution in [0, 0.1) is 0 Å². The van der Waals surface area contributed by atoms with Gasteiger partial charge in [0.25, 0.3) is 0 Å². The molecule has 1 rings (SSSR count). The molecule has 1 aromatic rings. The van der Waals surface area contributed by atoms with Gasteiger partial charge in [0.05, 0.1) is 18.5 Å². The van der Waals surface area contributed by atoms with Gasteiger partial charge in [-0.1, -0.05) is 27.7 Å². The fourth-order valence-corrected chi connectivity index (χ4v) is 2.56. The van der Waals surface area contributed by atoms with E-state index in [9.17, 15) is 18.0 Å². The second-order valence-electron chi connectivity index (χ2n) is 2.59. The first-order valence-electron chi connectivity index (χ1n) is 5.59. The number of carbonyl (C=O) groups is 1. The van der Waals surface area contributed by atoms with Gasteiger partial charge in [0.1, 0.15) is 0 Å². The smallest absolute Gasteiger partial charge is 0.435 e. The second-order valence-corrected chi connectivity index (χ2v) is 4.63. The molecule has 1 N–H and O–H groups in total. The van der Waals surface area contributed by atoms with Crippen molar-refractivity contribution in [3.05, 3.63) is 17.5 Å². The third kappa shape index (κ3) is 7.71. The van der Waals surface area contributed by atoms with Gasteiger partial charge < -0.3 is 5.11 Å². The molecule has 0 saturated carbocycles. The summed E-state index contributed by atoms with van der Waals surface area (Å²) in [5.41, 5.74) is -0.995. The van der Waals surface area contributed by atoms with E-state index in [4.69, 9.17) is 5.11 Å². The molecular weight excluding hydrogens is 395 g/mol. The van der Waals surface area contributed by atoms with E-state index in [1.807, 2.05) is 49.7 Å². The predicted molar refractivity (Wildman–Crippen MR) is 79.0 cm³/mol. The number of rotatable bonds is 3. The molecule has 19 heavy (non-hydrogen) atoms. The molecule has 1 unspecified atom stereocenters. The Kier molecular flexibility index (Phi) is 11.5. The second kappa shape index (κ2) is 10.4. The van der Waals surface area contributed by atoms with Crippen molar-refractivity contribution in [2.45, 2.75) is 40.3 Å². The van der Waals surface area contributed by atoms with Crippen LogP contribution >= 0.6 is 28.4 Å². The predicted octanol–water partition coefficient (Wildman–Crippen LogP) is 4.37. The fraction of sp³-hybridized carbons (Fsp3) is 0.600. The van der Waals surface area contributed by atoms with Crippen LogP contribution in [-0.4, -0.2) is 20.6 Å². The van der Waals surface area contributed by atoms with Crippen molar-refractivity contribution in [3.63, 3.8) is 0 Å². The van der Waals surface area contributed by atoms with Crippen LogP contribution < -0.4 is 0 Å². The van der Waals surface area contributed by atoms with Gasteiger partial charge in [0, 0.05) is 0 Å². The molecule has 0 radical (unpaired) electrons. The SMILES string of the molecule is CC.CC.O=C(O)Cc1cc(C(F)(F)F)nn1PI. The van der Waals surface area contributed by atoms with Gasteiger partial charge >= 0.3 is 12.1 Å². The van der Waals surface area contributed by atoms with E-state index in [1.165, 1.54) is 0 Å². The summed E-state index contributed by atoms with van der Waals surface area (Å²) in [7, 11) is 0. The average molecular weight is 412 g/mol. The average Bonchev–Trinajstić information content (AvgIpc) is 2.76. The molecule has 0 amide bonds. The highest BCUT2D eigenvalue weighted by atomic mass is 127. The summed E-state index contributed by atoms with van der Waals surface area (Å²) < 4.78 is 37.8. The van der Waals surface area contributed by atoms with Crippen LogP contribution in [0.2, 0.25) is 0 Å². The molecule has 0 aliphatic rings. The van der Waals surface area contributed by atoms with Crippen LogP contribution in [0.25, 0.3) is 0 Å². The van der Waals surface area contributed by atoms with E-state index in [-0.39, 0.29) is 12.1 Å². The number of hydrogen-bond acceptors (Lipinski definition) is 2. The minimum Gasteiger partial charge on any atom is -0.481 e. The summed E-state index contributed by atoms with van der Waals surface area (Å²) in [4.78, 5) is 10.4. The van der Waals surface area contributed by atoms with Crippen molar-refractivity contribution in [2.24, 2.45) is 0 Å². The van der Waals surface area contributed by atoms with E-state index >= 15 is 0 Å². The van der Waals surface area contributed by atoms with Crippen LogP contribution in [0.3, 0.4) is 0 Å². The Morgan fingerprint density at radius 1 is 1.42 bits per heavy atom. The van der Waals surface area contributed by atoms with Gasteiger partial charge in [-0.3, -0.25) is 4.79 Å². The summed E-state index contributed by atoms with van der Waals surface area (Å²) in [5, 5.41) is 11.8. The van der Waals surface area contributed by atoms with E-state index < -0.39 is 24.3 Å². The summed E-state index contributed by atoms with van der Waals surface area (Å²) in [6.07, 6.45) is -5.05. The van der Waals surface area contributed by atoms with Gasteiger partial charge in [-0.2, -0.15) is 18.3 Å². The van der Waals surface area contributed by atoms with Gasteiger partial charge in [0.2, 0.25) is 0 Å². The lowest BCUT2D eigenvalue weighted by Crippen LogP contribution is -2.05. The minimum atomic E-state index is -4.53. The van der Waals surface area contributed by atoms with Crippen molar-refractivity contribution >= 4 is 34.4 Å². The molecule has 0 aliphatic carbocycles. The molecule has 112 valence electrons. The minimum absolute atomic E-state index is 0.0579. The first kappa shape index (κ1) is 20.9. The van der Waals surface area contributed by atoms with Gasteiger partial charge in [-0.25, -0.2) is 4.45 Å². The lowest BCUT2D eigenvalue weighted by Gasteiger charge is -2.00. The molecular formula is C10H17F3IN2O2P. The van der Waals surface area contributed by atoms with Crippen LogP contribution in [0.1, 0.15) is 39.1 Å². The highest BCUT2D eigenvalue weighted by Gasteiger charge is 2.35. The molecule has 0 fully saturated rings. The van der Waals surface area contributed by atoms with Crippen LogP contribution in [-0.2, 0) is 17.4 Å². The van der Waals surface area contributed by atoms with E-state index in [0.29, 0.717) is 0 Å². The summed E-state index contributed by atoms with van der Waals surface area (Å²) >= 11 is 1.84. The summed E-state index contributed by atoms with van der Waals surface area (Å²) in [6.45, 7) is 8.00. The number of aromatic nitrogens is 2. The Morgan fingerprint density at radius 2 is 1.89 bits per heavy atom. The Labute approximate surface area is 125 Å². The van der Waals surface area contributed by atoms with Crippen molar-refractivity contribution in [1.82, 2.24) is 9.55 Å². The Balaban J connectivity index is 0. The van der Waals surface area contributed by atoms with Crippen LogP contribution in [0.4, 0.5) is 13.2 Å². The highest BCUT2D eigenvalue weighted by molar-refractivity contribution is 14.2. The molecule has 0 aromatic carbocycles. The summed E-state index contributed by atoms with van der Waals surface area (Å²) in [5.74, 6) is -1.18. The fourth-order valence-electron chi connectivity index (χ4n) is 0.912. The zero-order valence-electron chi connectivity index (χ0n) is 11.0. The zero-order chi connectivity index (χ0) is 15.6. The van der Waals surface area contributed by atoms with Crippen molar-refractivity contribution < 1.29 is 23.1 Å². The Bertz CT molecular complexity index is 383. The molecule has 1 atom stereocenters. The number of halogens is 4. The standard InChI is InChI=1S/C6H5F3IN2O2P.2C2H6/c7-6(8,9)4-1-3(2-5(13)14)12(11-4)15-10;2*1-2/h1,15H,2H2,(H,13,14);2*1-2H3.